The molecule has 0 saturated carbocycles. The van der Waals surface area contributed by atoms with Crippen LogP contribution in [0.5, 0.6) is 0 Å². The largest absolute Gasteiger partial charge is 0.373 e. The van der Waals surface area contributed by atoms with Gasteiger partial charge in [0.2, 0.25) is 0 Å². The highest BCUT2D eigenvalue weighted by Gasteiger charge is 2.11. The van der Waals surface area contributed by atoms with Gasteiger partial charge in [0.25, 0.3) is 5.91 Å². The average molecular weight is 242 g/mol. The smallest absolute Gasteiger partial charge is 0.271 e. The van der Waals surface area contributed by atoms with Crippen LogP contribution >= 0.6 is 11.6 Å². The number of pyridine rings is 1. The molecule has 0 spiro atoms. The van der Waals surface area contributed by atoms with Gasteiger partial charge in [-0.25, -0.2) is 4.98 Å². The van der Waals surface area contributed by atoms with Gasteiger partial charge in [-0.15, -0.1) is 0 Å². The van der Waals surface area contributed by atoms with Crippen LogP contribution in [-0.4, -0.2) is 24.5 Å². The van der Waals surface area contributed by atoms with Crippen molar-refractivity contribution in [3.8, 4) is 0 Å². The number of unbranched alkanes of at least 4 members (excludes halogenated alkanes) is 1. The molecule has 1 aromatic heterocycles. The second-order valence-corrected chi connectivity index (χ2v) is 3.79. The van der Waals surface area contributed by atoms with Gasteiger partial charge in [-0.05, 0) is 18.6 Å². The van der Waals surface area contributed by atoms with E-state index < -0.39 is 0 Å². The van der Waals surface area contributed by atoms with Crippen molar-refractivity contribution >= 4 is 23.3 Å². The van der Waals surface area contributed by atoms with Crippen LogP contribution in [0.25, 0.3) is 0 Å². The molecule has 1 rings (SSSR count). The molecular weight excluding hydrogens is 226 g/mol. The first kappa shape index (κ1) is 12.8. The number of rotatable bonds is 5. The standard InChI is InChI=1S/C11H16ClN3O/c1-3-4-7-14-11(16)10-8(12)5-6-9(13-2)15-10/h5-6H,3-4,7H2,1-2H3,(H,13,15)(H,14,16). The Morgan fingerprint density at radius 3 is 2.88 bits per heavy atom. The summed E-state index contributed by atoms with van der Waals surface area (Å²) in [5, 5.41) is 6.01. The van der Waals surface area contributed by atoms with Crippen molar-refractivity contribution in [1.29, 1.82) is 0 Å². The van der Waals surface area contributed by atoms with Gasteiger partial charge in [-0.3, -0.25) is 4.79 Å². The van der Waals surface area contributed by atoms with E-state index in [0.29, 0.717) is 17.4 Å². The Morgan fingerprint density at radius 1 is 1.50 bits per heavy atom. The lowest BCUT2D eigenvalue weighted by Crippen LogP contribution is -2.25. The fraction of sp³-hybridized carbons (Fsp3) is 0.455. The highest BCUT2D eigenvalue weighted by Crippen LogP contribution is 2.16. The van der Waals surface area contributed by atoms with Gasteiger partial charge in [0.1, 0.15) is 11.5 Å². The summed E-state index contributed by atoms with van der Waals surface area (Å²) >= 11 is 5.91. The SMILES string of the molecule is CCCCNC(=O)c1nc(NC)ccc1Cl. The maximum atomic E-state index is 11.7. The van der Waals surface area contributed by atoms with Crippen LogP contribution < -0.4 is 10.6 Å². The van der Waals surface area contributed by atoms with E-state index in [1.165, 1.54) is 0 Å². The van der Waals surface area contributed by atoms with Crippen LogP contribution in [0.15, 0.2) is 12.1 Å². The zero-order valence-corrected chi connectivity index (χ0v) is 10.3. The number of carbonyl (C=O) groups is 1. The minimum atomic E-state index is -0.226. The molecule has 2 N–H and O–H groups in total. The monoisotopic (exact) mass is 241 g/mol. The molecule has 16 heavy (non-hydrogen) atoms. The molecule has 0 bridgehead atoms. The molecule has 1 aromatic rings. The first-order valence-electron chi connectivity index (χ1n) is 5.31. The zero-order chi connectivity index (χ0) is 12.0. The summed E-state index contributed by atoms with van der Waals surface area (Å²) in [4.78, 5) is 15.8. The van der Waals surface area contributed by atoms with E-state index in [2.05, 4.69) is 22.5 Å². The van der Waals surface area contributed by atoms with E-state index in [1.54, 1.807) is 19.2 Å². The Kier molecular flexibility index (Phi) is 5.05. The highest BCUT2D eigenvalue weighted by atomic mass is 35.5. The fourth-order valence-electron chi connectivity index (χ4n) is 1.20. The van der Waals surface area contributed by atoms with Crippen molar-refractivity contribution in [1.82, 2.24) is 10.3 Å². The van der Waals surface area contributed by atoms with E-state index in [9.17, 15) is 4.79 Å². The van der Waals surface area contributed by atoms with Crippen LogP contribution in [0.2, 0.25) is 5.02 Å². The van der Waals surface area contributed by atoms with Crippen molar-refractivity contribution in [2.24, 2.45) is 0 Å². The normalized spacial score (nSPS) is 9.94. The molecule has 0 aliphatic heterocycles. The molecule has 0 aromatic carbocycles. The molecule has 1 amide bonds. The van der Waals surface area contributed by atoms with E-state index in [0.717, 1.165) is 12.8 Å². The Morgan fingerprint density at radius 2 is 2.25 bits per heavy atom. The van der Waals surface area contributed by atoms with Crippen molar-refractivity contribution in [2.45, 2.75) is 19.8 Å². The first-order valence-corrected chi connectivity index (χ1v) is 5.69. The predicted molar refractivity (Wildman–Crippen MR) is 66.0 cm³/mol. The van der Waals surface area contributed by atoms with Crippen LogP contribution in [0.4, 0.5) is 5.82 Å². The number of nitrogens with zero attached hydrogens (tertiary/aromatic N) is 1. The van der Waals surface area contributed by atoms with Gasteiger partial charge in [0.15, 0.2) is 0 Å². The van der Waals surface area contributed by atoms with E-state index in [1.807, 2.05) is 0 Å². The van der Waals surface area contributed by atoms with Crippen molar-refractivity contribution in [3.05, 3.63) is 22.8 Å². The minimum absolute atomic E-state index is 0.226. The van der Waals surface area contributed by atoms with E-state index in [-0.39, 0.29) is 11.6 Å². The number of hydrogen-bond donors (Lipinski definition) is 2. The molecule has 0 fully saturated rings. The summed E-state index contributed by atoms with van der Waals surface area (Å²) in [6, 6.07) is 3.39. The maximum Gasteiger partial charge on any atom is 0.271 e. The van der Waals surface area contributed by atoms with Gasteiger partial charge in [0, 0.05) is 13.6 Å². The highest BCUT2D eigenvalue weighted by molar-refractivity contribution is 6.33. The van der Waals surface area contributed by atoms with E-state index >= 15 is 0 Å². The predicted octanol–water partition coefficient (Wildman–Crippen LogP) is 2.31. The van der Waals surface area contributed by atoms with E-state index in [4.69, 9.17) is 11.6 Å². The summed E-state index contributed by atoms with van der Waals surface area (Å²) < 4.78 is 0. The fourth-order valence-corrected chi connectivity index (χ4v) is 1.39. The number of halogens is 1. The van der Waals surface area contributed by atoms with Crippen LogP contribution in [0, 0.1) is 0 Å². The van der Waals surface area contributed by atoms with Gasteiger partial charge >= 0.3 is 0 Å². The number of anilines is 1. The molecule has 5 heteroatoms. The second kappa shape index (κ2) is 6.33. The summed E-state index contributed by atoms with van der Waals surface area (Å²) in [5.74, 6) is 0.403. The molecule has 0 aliphatic carbocycles. The lowest BCUT2D eigenvalue weighted by molar-refractivity contribution is 0.0948. The number of nitrogens with one attached hydrogen (secondary N) is 2. The molecule has 88 valence electrons. The first-order chi connectivity index (χ1) is 7.69. The molecule has 0 atom stereocenters. The number of aromatic nitrogens is 1. The molecular formula is C11H16ClN3O. The number of carbonyl (C=O) groups excluding carboxylic acids is 1. The summed E-state index contributed by atoms with van der Waals surface area (Å²) in [6.07, 6.45) is 1.99. The van der Waals surface area contributed by atoms with Crippen LogP contribution in [-0.2, 0) is 0 Å². The maximum absolute atomic E-state index is 11.7. The molecule has 0 aliphatic rings. The topological polar surface area (TPSA) is 54.0 Å². The van der Waals surface area contributed by atoms with Crippen LogP contribution in [0.1, 0.15) is 30.3 Å². The molecule has 1 heterocycles. The minimum Gasteiger partial charge on any atom is -0.373 e. The second-order valence-electron chi connectivity index (χ2n) is 3.39. The van der Waals surface area contributed by atoms with Gasteiger partial charge in [-0.2, -0.15) is 0 Å². The lowest BCUT2D eigenvalue weighted by Gasteiger charge is -2.07. The van der Waals surface area contributed by atoms with Gasteiger partial charge in [0.05, 0.1) is 5.02 Å². The number of amides is 1. The van der Waals surface area contributed by atoms with Crippen molar-refractivity contribution < 1.29 is 4.79 Å². The van der Waals surface area contributed by atoms with Crippen LogP contribution in [0.3, 0.4) is 0 Å². The average Bonchev–Trinajstić information content (AvgIpc) is 2.30. The molecule has 0 saturated heterocycles. The quantitative estimate of drug-likeness (QED) is 0.778. The van der Waals surface area contributed by atoms with Crippen molar-refractivity contribution in [2.75, 3.05) is 18.9 Å². The third-order valence-electron chi connectivity index (χ3n) is 2.13. The third-order valence-corrected chi connectivity index (χ3v) is 2.44. The lowest BCUT2D eigenvalue weighted by atomic mass is 10.3. The Hall–Kier alpha value is -1.29. The molecule has 4 nitrogen and oxygen atoms in total. The third kappa shape index (κ3) is 3.38. The Balaban J connectivity index is 2.73. The zero-order valence-electron chi connectivity index (χ0n) is 9.51. The summed E-state index contributed by atoms with van der Waals surface area (Å²) in [5.41, 5.74) is 0.268. The molecule has 0 unspecified atom stereocenters. The van der Waals surface area contributed by atoms with Gasteiger partial charge in [-0.1, -0.05) is 24.9 Å². The molecule has 0 radical (unpaired) electrons. The van der Waals surface area contributed by atoms with Gasteiger partial charge < -0.3 is 10.6 Å². The summed E-state index contributed by atoms with van der Waals surface area (Å²) in [7, 11) is 1.75. The summed E-state index contributed by atoms with van der Waals surface area (Å²) in [6.45, 7) is 2.72. The number of hydrogen-bond acceptors (Lipinski definition) is 3. The van der Waals surface area contributed by atoms with Crippen molar-refractivity contribution in [3.63, 3.8) is 0 Å². The Bertz CT molecular complexity index is 368. The Labute approximate surface area is 100 Å².